The molecule has 2 rings (SSSR count). The van der Waals surface area contributed by atoms with Gasteiger partial charge in [0.25, 0.3) is 0 Å². The van der Waals surface area contributed by atoms with E-state index in [2.05, 4.69) is 11.8 Å². The average molecular weight is 224 g/mol. The van der Waals surface area contributed by atoms with Crippen molar-refractivity contribution in [3.8, 4) is 0 Å². The lowest BCUT2D eigenvalue weighted by Crippen LogP contribution is -2.33. The Balaban J connectivity index is 1.63. The minimum atomic E-state index is 0.436. The maximum absolute atomic E-state index is 6.10. The fourth-order valence-electron chi connectivity index (χ4n) is 2.45. The molecule has 94 valence electrons. The van der Waals surface area contributed by atoms with Crippen molar-refractivity contribution in [1.29, 1.82) is 0 Å². The Labute approximate surface area is 101 Å². The Bertz CT molecular complexity index is 183. The minimum absolute atomic E-state index is 0.436. The number of nitrogens with two attached hydrogens (primary N) is 1. The Morgan fingerprint density at radius 3 is 2.06 bits per heavy atom. The van der Waals surface area contributed by atoms with E-state index in [4.69, 9.17) is 5.73 Å². The first-order valence-electron chi connectivity index (χ1n) is 7.26. The van der Waals surface area contributed by atoms with Crippen molar-refractivity contribution in [2.45, 2.75) is 57.9 Å². The molecule has 2 heteroatoms. The van der Waals surface area contributed by atoms with Gasteiger partial charge in [0.05, 0.1) is 0 Å². The van der Waals surface area contributed by atoms with Crippen molar-refractivity contribution in [3.05, 3.63) is 0 Å². The van der Waals surface area contributed by atoms with Crippen LogP contribution < -0.4 is 5.73 Å². The largest absolute Gasteiger partial charge is 0.328 e. The summed E-state index contributed by atoms with van der Waals surface area (Å²) in [5, 5.41) is 0. The van der Waals surface area contributed by atoms with Gasteiger partial charge in [-0.15, -0.1) is 0 Å². The molecule has 1 unspecified atom stereocenters. The van der Waals surface area contributed by atoms with Crippen LogP contribution in [-0.2, 0) is 0 Å². The van der Waals surface area contributed by atoms with E-state index in [9.17, 15) is 0 Å². The SMILES string of the molecule is CCCC(N)CCN(CC1CC1)CC1CC1. The second-order valence-electron chi connectivity index (χ2n) is 5.98. The molecule has 2 N–H and O–H groups in total. The molecule has 0 spiro atoms. The smallest absolute Gasteiger partial charge is 0.00509 e. The zero-order valence-electron chi connectivity index (χ0n) is 10.8. The van der Waals surface area contributed by atoms with Crippen LogP contribution >= 0.6 is 0 Å². The molecule has 0 aromatic carbocycles. The first-order chi connectivity index (χ1) is 7.78. The van der Waals surface area contributed by atoms with Crippen LogP contribution in [-0.4, -0.2) is 30.6 Å². The van der Waals surface area contributed by atoms with E-state index < -0.39 is 0 Å². The Morgan fingerprint density at radius 1 is 1.06 bits per heavy atom. The number of rotatable bonds is 9. The van der Waals surface area contributed by atoms with E-state index in [-0.39, 0.29) is 0 Å². The van der Waals surface area contributed by atoms with Crippen LogP contribution in [0.5, 0.6) is 0 Å². The van der Waals surface area contributed by atoms with Crippen molar-refractivity contribution in [3.63, 3.8) is 0 Å². The lowest BCUT2D eigenvalue weighted by Gasteiger charge is -2.23. The van der Waals surface area contributed by atoms with Crippen molar-refractivity contribution in [2.24, 2.45) is 17.6 Å². The van der Waals surface area contributed by atoms with Crippen LogP contribution in [0.4, 0.5) is 0 Å². The van der Waals surface area contributed by atoms with Crippen molar-refractivity contribution in [2.75, 3.05) is 19.6 Å². The monoisotopic (exact) mass is 224 g/mol. The van der Waals surface area contributed by atoms with Crippen LogP contribution in [0.3, 0.4) is 0 Å². The van der Waals surface area contributed by atoms with Crippen LogP contribution in [0.25, 0.3) is 0 Å². The minimum Gasteiger partial charge on any atom is -0.328 e. The van der Waals surface area contributed by atoms with Gasteiger partial charge in [-0.05, 0) is 56.9 Å². The maximum atomic E-state index is 6.10. The molecule has 0 saturated heterocycles. The summed E-state index contributed by atoms with van der Waals surface area (Å²) in [4.78, 5) is 2.70. The lowest BCUT2D eigenvalue weighted by molar-refractivity contribution is 0.241. The molecule has 0 heterocycles. The van der Waals surface area contributed by atoms with Crippen LogP contribution in [0.2, 0.25) is 0 Å². The van der Waals surface area contributed by atoms with Crippen molar-refractivity contribution >= 4 is 0 Å². The van der Waals surface area contributed by atoms with E-state index in [1.807, 2.05) is 0 Å². The molecule has 1 atom stereocenters. The van der Waals surface area contributed by atoms with Gasteiger partial charge in [-0.3, -0.25) is 0 Å². The highest BCUT2D eigenvalue weighted by Crippen LogP contribution is 2.33. The summed E-state index contributed by atoms with van der Waals surface area (Å²) in [5.74, 6) is 2.06. The Hall–Kier alpha value is -0.0800. The van der Waals surface area contributed by atoms with E-state index in [1.54, 1.807) is 0 Å². The Kier molecular flexibility index (Phi) is 4.66. The van der Waals surface area contributed by atoms with Gasteiger partial charge in [0, 0.05) is 19.1 Å². The summed E-state index contributed by atoms with van der Waals surface area (Å²) in [5.41, 5.74) is 6.10. The van der Waals surface area contributed by atoms with Gasteiger partial charge in [-0.1, -0.05) is 13.3 Å². The maximum Gasteiger partial charge on any atom is 0.00509 e. The molecule has 2 saturated carbocycles. The molecular weight excluding hydrogens is 196 g/mol. The molecule has 0 bridgehead atoms. The summed E-state index contributed by atoms with van der Waals surface area (Å²) in [7, 11) is 0. The van der Waals surface area contributed by atoms with Gasteiger partial charge in [0.2, 0.25) is 0 Å². The van der Waals surface area contributed by atoms with Crippen molar-refractivity contribution < 1.29 is 0 Å². The highest BCUT2D eigenvalue weighted by atomic mass is 15.1. The van der Waals surface area contributed by atoms with Gasteiger partial charge in [0.1, 0.15) is 0 Å². The highest BCUT2D eigenvalue weighted by Gasteiger charge is 2.28. The molecule has 16 heavy (non-hydrogen) atoms. The van der Waals surface area contributed by atoms with Gasteiger partial charge in [0.15, 0.2) is 0 Å². The molecule has 2 aliphatic rings. The molecule has 2 nitrogen and oxygen atoms in total. The zero-order valence-corrected chi connectivity index (χ0v) is 10.8. The van der Waals surface area contributed by atoms with Gasteiger partial charge < -0.3 is 10.6 Å². The molecule has 0 aliphatic heterocycles. The van der Waals surface area contributed by atoms with E-state index in [0.717, 1.165) is 11.8 Å². The quantitative estimate of drug-likeness (QED) is 0.652. The first kappa shape index (κ1) is 12.4. The van der Waals surface area contributed by atoms with E-state index in [1.165, 1.54) is 64.6 Å². The first-order valence-corrected chi connectivity index (χ1v) is 7.26. The molecule has 0 aromatic heterocycles. The molecule has 0 aromatic rings. The summed E-state index contributed by atoms with van der Waals surface area (Å²) in [6, 6.07) is 0.436. The summed E-state index contributed by atoms with van der Waals surface area (Å²) < 4.78 is 0. The summed E-state index contributed by atoms with van der Waals surface area (Å²) in [6.45, 7) is 6.19. The number of hydrogen-bond donors (Lipinski definition) is 1. The second kappa shape index (κ2) is 6.02. The molecular formula is C14H28N2. The molecule has 0 radical (unpaired) electrons. The molecule has 2 fully saturated rings. The van der Waals surface area contributed by atoms with Crippen molar-refractivity contribution in [1.82, 2.24) is 4.90 Å². The Morgan fingerprint density at radius 2 is 1.62 bits per heavy atom. The van der Waals surface area contributed by atoms with E-state index >= 15 is 0 Å². The zero-order chi connectivity index (χ0) is 11.4. The second-order valence-corrected chi connectivity index (χ2v) is 5.98. The highest BCUT2D eigenvalue weighted by molar-refractivity contribution is 4.82. The van der Waals surface area contributed by atoms with Gasteiger partial charge in [-0.2, -0.15) is 0 Å². The molecule has 2 aliphatic carbocycles. The third kappa shape index (κ3) is 4.84. The summed E-state index contributed by atoms with van der Waals surface area (Å²) in [6.07, 6.45) is 9.52. The number of nitrogens with zero attached hydrogens (tertiary/aromatic N) is 1. The topological polar surface area (TPSA) is 29.3 Å². The normalized spacial score (nSPS) is 22.7. The van der Waals surface area contributed by atoms with Gasteiger partial charge >= 0.3 is 0 Å². The predicted octanol–water partition coefficient (Wildman–Crippen LogP) is 2.63. The average Bonchev–Trinajstić information content (AvgIpc) is 3.09. The van der Waals surface area contributed by atoms with Gasteiger partial charge in [-0.25, -0.2) is 0 Å². The van der Waals surface area contributed by atoms with E-state index in [0.29, 0.717) is 6.04 Å². The predicted molar refractivity (Wildman–Crippen MR) is 69.4 cm³/mol. The fraction of sp³-hybridized carbons (Fsp3) is 1.00. The standard InChI is InChI=1S/C14H28N2/c1-2-3-14(15)8-9-16(10-12-4-5-12)11-13-6-7-13/h12-14H,2-11,15H2,1H3. The van der Waals surface area contributed by atoms with Crippen LogP contribution in [0, 0.1) is 11.8 Å². The molecule has 0 amide bonds. The third-order valence-electron chi connectivity index (χ3n) is 3.90. The third-order valence-corrected chi connectivity index (χ3v) is 3.90. The van der Waals surface area contributed by atoms with Crippen LogP contribution in [0.15, 0.2) is 0 Å². The lowest BCUT2D eigenvalue weighted by atomic mass is 10.1. The van der Waals surface area contributed by atoms with Crippen LogP contribution in [0.1, 0.15) is 51.9 Å². The summed E-state index contributed by atoms with van der Waals surface area (Å²) >= 11 is 0. The fourth-order valence-corrected chi connectivity index (χ4v) is 2.45. The number of hydrogen-bond acceptors (Lipinski definition) is 2.